The molecule has 19 heavy (non-hydrogen) atoms. The van der Waals surface area contributed by atoms with Gasteiger partial charge in [0.2, 0.25) is 0 Å². The van der Waals surface area contributed by atoms with Gasteiger partial charge in [0.1, 0.15) is 10.3 Å². The Balaban J connectivity index is 1.87. The van der Waals surface area contributed by atoms with Crippen LogP contribution in [-0.4, -0.2) is 9.97 Å². The molecule has 0 saturated heterocycles. The summed E-state index contributed by atoms with van der Waals surface area (Å²) in [5.41, 5.74) is 3.72. The van der Waals surface area contributed by atoms with Gasteiger partial charge in [-0.25, -0.2) is 9.97 Å². The predicted molar refractivity (Wildman–Crippen MR) is 81.7 cm³/mol. The fourth-order valence-electron chi connectivity index (χ4n) is 3.21. The van der Waals surface area contributed by atoms with Gasteiger partial charge in [0.15, 0.2) is 0 Å². The molecule has 0 aliphatic heterocycles. The number of hydrogen-bond donors (Lipinski definition) is 0. The monoisotopic (exact) mass is 274 g/mol. The molecule has 0 unspecified atom stereocenters. The van der Waals surface area contributed by atoms with E-state index in [1.807, 2.05) is 0 Å². The van der Waals surface area contributed by atoms with Gasteiger partial charge in [-0.2, -0.15) is 0 Å². The van der Waals surface area contributed by atoms with Crippen molar-refractivity contribution in [2.75, 3.05) is 0 Å². The first kappa shape index (κ1) is 13.0. The zero-order valence-corrected chi connectivity index (χ0v) is 12.9. The van der Waals surface area contributed by atoms with E-state index in [4.69, 9.17) is 4.98 Å². The van der Waals surface area contributed by atoms with Crippen LogP contribution in [0, 0.1) is 25.7 Å². The maximum absolute atomic E-state index is 4.69. The van der Waals surface area contributed by atoms with Crippen molar-refractivity contribution < 1.29 is 0 Å². The van der Waals surface area contributed by atoms with Gasteiger partial charge in [-0.05, 0) is 56.6 Å². The minimum absolute atomic E-state index is 0.850. The van der Waals surface area contributed by atoms with Crippen molar-refractivity contribution in [2.45, 2.75) is 52.9 Å². The maximum atomic E-state index is 4.69. The van der Waals surface area contributed by atoms with Crippen molar-refractivity contribution in [3.8, 4) is 0 Å². The van der Waals surface area contributed by atoms with Crippen molar-refractivity contribution in [3.63, 3.8) is 0 Å². The molecule has 3 heteroatoms. The van der Waals surface area contributed by atoms with Gasteiger partial charge in [-0.3, -0.25) is 0 Å². The molecular formula is C16H22N2S. The second-order valence-electron chi connectivity index (χ2n) is 6.14. The number of pyridine rings is 1. The van der Waals surface area contributed by atoms with Gasteiger partial charge >= 0.3 is 0 Å². The van der Waals surface area contributed by atoms with E-state index in [2.05, 4.69) is 31.8 Å². The molecule has 1 aliphatic rings. The van der Waals surface area contributed by atoms with Crippen molar-refractivity contribution in [3.05, 3.63) is 22.3 Å². The molecule has 2 aromatic rings. The Morgan fingerprint density at radius 2 is 1.89 bits per heavy atom. The van der Waals surface area contributed by atoms with Crippen LogP contribution < -0.4 is 0 Å². The SMILES string of the molecule is Cc1cc(CC2CCC(C)CC2)c2nc(C)sc2n1. The summed E-state index contributed by atoms with van der Waals surface area (Å²) in [6, 6.07) is 2.25. The predicted octanol–water partition coefficient (Wildman–Crippen LogP) is 4.68. The zero-order valence-electron chi connectivity index (χ0n) is 12.1. The lowest BCUT2D eigenvalue weighted by Crippen LogP contribution is -2.14. The third kappa shape index (κ3) is 2.81. The number of aryl methyl sites for hydroxylation is 2. The number of aromatic nitrogens is 2. The first-order valence-electron chi connectivity index (χ1n) is 7.35. The fraction of sp³-hybridized carbons (Fsp3) is 0.625. The van der Waals surface area contributed by atoms with Crippen LogP contribution in [0.25, 0.3) is 10.3 Å². The smallest absolute Gasteiger partial charge is 0.144 e. The van der Waals surface area contributed by atoms with Crippen LogP contribution in [0.5, 0.6) is 0 Å². The lowest BCUT2D eigenvalue weighted by Gasteiger charge is -2.26. The number of thiazole rings is 1. The summed E-state index contributed by atoms with van der Waals surface area (Å²) in [5.74, 6) is 1.78. The molecule has 0 atom stereocenters. The van der Waals surface area contributed by atoms with Gasteiger partial charge < -0.3 is 0 Å². The second-order valence-corrected chi connectivity index (χ2v) is 7.32. The third-order valence-electron chi connectivity index (χ3n) is 4.33. The van der Waals surface area contributed by atoms with E-state index in [-0.39, 0.29) is 0 Å². The van der Waals surface area contributed by atoms with E-state index in [1.165, 1.54) is 37.7 Å². The molecule has 1 saturated carbocycles. The van der Waals surface area contributed by atoms with Crippen LogP contribution in [0.1, 0.15) is 48.9 Å². The summed E-state index contributed by atoms with van der Waals surface area (Å²) in [6.45, 7) is 6.56. The third-order valence-corrected chi connectivity index (χ3v) is 5.19. The number of fused-ring (bicyclic) bond motifs is 1. The Labute approximate surface area is 119 Å². The quantitative estimate of drug-likeness (QED) is 0.795. The lowest BCUT2D eigenvalue weighted by atomic mass is 9.80. The highest BCUT2D eigenvalue weighted by Gasteiger charge is 2.20. The number of nitrogens with zero attached hydrogens (tertiary/aromatic N) is 2. The molecular weight excluding hydrogens is 252 g/mol. The molecule has 0 radical (unpaired) electrons. The standard InChI is InChI=1S/C16H22N2S/c1-10-4-6-13(7-5-10)9-14-8-11(2)17-16-15(14)18-12(3)19-16/h8,10,13H,4-7,9H2,1-3H3. The second kappa shape index (κ2) is 5.20. The van der Waals surface area contributed by atoms with Gasteiger partial charge in [-0.1, -0.05) is 31.1 Å². The van der Waals surface area contributed by atoms with Crippen LogP contribution in [0.3, 0.4) is 0 Å². The van der Waals surface area contributed by atoms with Gasteiger partial charge in [0.25, 0.3) is 0 Å². The largest absolute Gasteiger partial charge is 0.241 e. The molecule has 0 N–H and O–H groups in total. The average Bonchev–Trinajstić information content (AvgIpc) is 2.72. The summed E-state index contributed by atoms with van der Waals surface area (Å²) >= 11 is 1.72. The van der Waals surface area contributed by atoms with Gasteiger partial charge in [-0.15, -0.1) is 0 Å². The van der Waals surface area contributed by atoms with Crippen LogP contribution in [0.2, 0.25) is 0 Å². The summed E-state index contributed by atoms with van der Waals surface area (Å²) < 4.78 is 0. The van der Waals surface area contributed by atoms with Crippen molar-refractivity contribution in [1.82, 2.24) is 9.97 Å². The van der Waals surface area contributed by atoms with Gasteiger partial charge in [0.05, 0.1) is 5.01 Å². The summed E-state index contributed by atoms with van der Waals surface area (Å²) in [4.78, 5) is 10.4. The highest BCUT2D eigenvalue weighted by atomic mass is 32.1. The average molecular weight is 274 g/mol. The Hall–Kier alpha value is -0.960. The molecule has 1 aliphatic carbocycles. The molecule has 0 bridgehead atoms. The minimum Gasteiger partial charge on any atom is -0.241 e. The molecule has 0 amide bonds. The fourth-order valence-corrected chi connectivity index (χ4v) is 4.09. The molecule has 102 valence electrons. The molecule has 0 aromatic carbocycles. The Morgan fingerprint density at radius 1 is 1.16 bits per heavy atom. The molecule has 2 nitrogen and oxygen atoms in total. The van der Waals surface area contributed by atoms with Gasteiger partial charge in [0, 0.05) is 5.69 Å². The van der Waals surface area contributed by atoms with Crippen molar-refractivity contribution in [2.24, 2.45) is 11.8 Å². The lowest BCUT2D eigenvalue weighted by molar-refractivity contribution is 0.289. The summed E-state index contributed by atoms with van der Waals surface area (Å²) in [6.07, 6.45) is 6.75. The zero-order chi connectivity index (χ0) is 13.4. The summed E-state index contributed by atoms with van der Waals surface area (Å²) in [5, 5.41) is 1.13. The Morgan fingerprint density at radius 3 is 2.63 bits per heavy atom. The normalized spacial score (nSPS) is 23.9. The van der Waals surface area contributed by atoms with Crippen LogP contribution in [0.4, 0.5) is 0 Å². The number of hydrogen-bond acceptors (Lipinski definition) is 3. The minimum atomic E-state index is 0.850. The van der Waals surface area contributed by atoms with E-state index in [1.54, 1.807) is 11.3 Å². The molecule has 1 fully saturated rings. The molecule has 2 aromatic heterocycles. The van der Waals surface area contributed by atoms with E-state index in [9.17, 15) is 0 Å². The Bertz CT molecular complexity index is 580. The highest BCUT2D eigenvalue weighted by molar-refractivity contribution is 7.18. The molecule has 3 rings (SSSR count). The first-order chi connectivity index (χ1) is 9.11. The first-order valence-corrected chi connectivity index (χ1v) is 8.17. The molecule has 0 spiro atoms. The maximum Gasteiger partial charge on any atom is 0.144 e. The highest BCUT2D eigenvalue weighted by Crippen LogP contribution is 2.33. The van der Waals surface area contributed by atoms with E-state index in [0.717, 1.165) is 32.9 Å². The van der Waals surface area contributed by atoms with Crippen molar-refractivity contribution >= 4 is 21.7 Å². The Kier molecular flexibility index (Phi) is 3.57. The van der Waals surface area contributed by atoms with Crippen molar-refractivity contribution in [1.29, 1.82) is 0 Å². The van der Waals surface area contributed by atoms with Crippen LogP contribution >= 0.6 is 11.3 Å². The van der Waals surface area contributed by atoms with E-state index >= 15 is 0 Å². The van der Waals surface area contributed by atoms with E-state index < -0.39 is 0 Å². The summed E-state index contributed by atoms with van der Waals surface area (Å²) in [7, 11) is 0. The van der Waals surface area contributed by atoms with E-state index in [0.29, 0.717) is 0 Å². The van der Waals surface area contributed by atoms with Crippen LogP contribution in [-0.2, 0) is 6.42 Å². The number of rotatable bonds is 2. The van der Waals surface area contributed by atoms with Crippen LogP contribution in [0.15, 0.2) is 6.07 Å². The molecule has 2 heterocycles. The topological polar surface area (TPSA) is 25.8 Å².